The molecule has 1 atom stereocenters. The van der Waals surface area contributed by atoms with Crippen LogP contribution in [0, 0.1) is 6.92 Å². The van der Waals surface area contributed by atoms with Crippen LogP contribution in [-0.4, -0.2) is 9.66 Å². The van der Waals surface area contributed by atoms with Gasteiger partial charge in [-0.2, -0.15) is 0 Å². The summed E-state index contributed by atoms with van der Waals surface area (Å²) in [7, 11) is 0. The van der Waals surface area contributed by atoms with Crippen molar-refractivity contribution in [2.24, 2.45) is 5.14 Å². The highest BCUT2D eigenvalue weighted by Gasteiger charge is 2.24. The van der Waals surface area contributed by atoms with Crippen molar-refractivity contribution in [2.45, 2.75) is 30.6 Å². The number of aryl methyl sites for hydroxylation is 1. The maximum absolute atomic E-state index is 11.0. The van der Waals surface area contributed by atoms with E-state index in [1.807, 2.05) is 6.92 Å². The van der Waals surface area contributed by atoms with Gasteiger partial charge in [0.2, 0.25) is 4.21 Å². The van der Waals surface area contributed by atoms with E-state index in [9.17, 15) is 9.66 Å². The Balaban J connectivity index is 3.11. The third-order valence-corrected chi connectivity index (χ3v) is 4.25. The summed E-state index contributed by atoms with van der Waals surface area (Å²) in [5, 5.41) is 15.0. The first-order valence-electron chi connectivity index (χ1n) is 3.82. The Morgan fingerprint density at radius 3 is 2.38 bits per heavy atom. The highest BCUT2D eigenvalue weighted by molar-refractivity contribution is 7.91. The first-order valence-corrected chi connectivity index (χ1v) is 5.85. The second kappa shape index (κ2) is 3.59. The van der Waals surface area contributed by atoms with Crippen LogP contribution in [0.1, 0.15) is 24.3 Å². The van der Waals surface area contributed by atoms with Crippen molar-refractivity contribution in [2.75, 3.05) is 0 Å². The molecule has 0 saturated heterocycles. The van der Waals surface area contributed by atoms with Gasteiger partial charge in [0.15, 0.2) is 0 Å². The van der Waals surface area contributed by atoms with Crippen LogP contribution in [0.3, 0.4) is 0 Å². The quantitative estimate of drug-likeness (QED) is 0.736. The number of hydrogen-bond acceptors (Lipinski definition) is 4. The zero-order valence-corrected chi connectivity index (χ0v) is 9.46. The van der Waals surface area contributed by atoms with Crippen LogP contribution < -0.4 is 5.14 Å². The lowest BCUT2D eigenvalue weighted by atomic mass is 10.1. The molecule has 3 N–H and O–H groups in total. The van der Waals surface area contributed by atoms with E-state index >= 15 is 0 Å². The molecule has 1 aromatic rings. The molecule has 5 heteroatoms. The fourth-order valence-corrected chi connectivity index (χ4v) is 2.94. The Bertz CT molecular complexity index is 302. The van der Waals surface area contributed by atoms with Gasteiger partial charge in [0.05, 0.1) is 17.0 Å². The van der Waals surface area contributed by atoms with Crippen LogP contribution in [0.5, 0.6) is 0 Å². The summed E-state index contributed by atoms with van der Waals surface area (Å²) < 4.78 is 11.6. The lowest BCUT2D eigenvalue weighted by Crippen LogP contribution is -2.14. The van der Waals surface area contributed by atoms with Crippen LogP contribution in [-0.2, 0) is 17.0 Å². The molecule has 3 nitrogen and oxygen atoms in total. The van der Waals surface area contributed by atoms with Crippen molar-refractivity contribution in [1.29, 1.82) is 0 Å². The Morgan fingerprint density at radius 2 is 2.15 bits per heavy atom. The first-order chi connectivity index (χ1) is 5.82. The van der Waals surface area contributed by atoms with Crippen molar-refractivity contribution >= 4 is 22.7 Å². The molecular formula is C8H13NO2S2. The van der Waals surface area contributed by atoms with Crippen LogP contribution in [0.25, 0.3) is 0 Å². The Hall–Kier alpha value is -0.0700. The van der Waals surface area contributed by atoms with Gasteiger partial charge in [0.25, 0.3) is 0 Å². The Morgan fingerprint density at radius 1 is 1.62 bits per heavy atom. The molecule has 74 valence electrons. The maximum Gasteiger partial charge on any atom is 0.228 e. The normalized spacial score (nSPS) is 14.6. The van der Waals surface area contributed by atoms with E-state index in [2.05, 4.69) is 0 Å². The molecule has 1 rings (SSSR count). The molecule has 0 aliphatic heterocycles. The average molecular weight is 219 g/mol. The number of thiophene rings is 1. The van der Waals surface area contributed by atoms with Gasteiger partial charge in [-0.3, -0.25) is 0 Å². The minimum absolute atomic E-state index is 0.606. The van der Waals surface area contributed by atoms with Crippen molar-refractivity contribution in [1.82, 2.24) is 0 Å². The predicted octanol–water partition coefficient (Wildman–Crippen LogP) is 1.27. The van der Waals surface area contributed by atoms with E-state index in [-0.39, 0.29) is 0 Å². The van der Waals surface area contributed by atoms with Gasteiger partial charge in [-0.15, -0.1) is 5.14 Å². The summed E-state index contributed by atoms with van der Waals surface area (Å²) in [5.41, 5.74) is 0.0538. The summed E-state index contributed by atoms with van der Waals surface area (Å²) >= 11 is -0.146. The van der Waals surface area contributed by atoms with E-state index in [1.54, 1.807) is 19.9 Å². The molecule has 0 saturated carbocycles. The highest BCUT2D eigenvalue weighted by Crippen LogP contribution is 2.33. The third kappa shape index (κ3) is 2.45. The standard InChI is InChI=1S/C8H13NO2S2/c1-5-4-6(13(9)11)12-7(5)8(2,3)10/h4,10H,9H2,1-3H3. The summed E-state index contributed by atoms with van der Waals surface area (Å²) in [4.78, 5) is 0.821. The van der Waals surface area contributed by atoms with E-state index in [0.717, 1.165) is 10.4 Å². The number of nitrogens with two attached hydrogens (primary N) is 1. The average Bonchev–Trinajstić information content (AvgIpc) is 2.29. The maximum atomic E-state index is 11.0. The Labute approximate surface area is 84.9 Å². The van der Waals surface area contributed by atoms with E-state index in [4.69, 9.17) is 5.14 Å². The summed E-state index contributed by atoms with van der Waals surface area (Å²) in [6.07, 6.45) is 0. The molecule has 1 aromatic heterocycles. The smallest absolute Gasteiger partial charge is 0.228 e. The molecule has 1 heterocycles. The molecular weight excluding hydrogens is 206 g/mol. The second-order valence-corrected chi connectivity index (χ2v) is 5.78. The largest absolute Gasteiger partial charge is 0.592 e. The van der Waals surface area contributed by atoms with Gasteiger partial charge < -0.3 is 9.66 Å². The molecule has 0 aromatic carbocycles. The fraction of sp³-hybridized carbons (Fsp3) is 0.500. The molecule has 0 radical (unpaired) electrons. The second-order valence-electron chi connectivity index (χ2n) is 3.43. The van der Waals surface area contributed by atoms with Gasteiger partial charge in [0, 0.05) is 10.9 Å². The van der Waals surface area contributed by atoms with Crippen LogP contribution in [0.15, 0.2) is 10.3 Å². The Kier molecular flexibility index (Phi) is 3.04. The fourth-order valence-electron chi connectivity index (χ4n) is 1.16. The molecule has 1 unspecified atom stereocenters. The minimum Gasteiger partial charge on any atom is -0.592 e. The first kappa shape index (κ1) is 11.0. The van der Waals surface area contributed by atoms with Gasteiger partial charge >= 0.3 is 0 Å². The van der Waals surface area contributed by atoms with Crippen molar-refractivity contribution in [3.8, 4) is 0 Å². The molecule has 0 aliphatic carbocycles. The van der Waals surface area contributed by atoms with Gasteiger partial charge in [-0.05, 0) is 26.3 Å². The van der Waals surface area contributed by atoms with Gasteiger partial charge in [-0.25, -0.2) is 0 Å². The molecule has 0 amide bonds. The van der Waals surface area contributed by atoms with E-state index in [0.29, 0.717) is 4.21 Å². The third-order valence-electron chi connectivity index (χ3n) is 1.65. The zero-order chi connectivity index (χ0) is 10.2. The lowest BCUT2D eigenvalue weighted by Gasteiger charge is -2.15. The predicted molar refractivity (Wildman–Crippen MR) is 54.9 cm³/mol. The van der Waals surface area contributed by atoms with Crippen LogP contribution >= 0.6 is 11.3 Å². The van der Waals surface area contributed by atoms with Crippen molar-refractivity contribution in [3.63, 3.8) is 0 Å². The van der Waals surface area contributed by atoms with Crippen LogP contribution in [0.4, 0.5) is 0 Å². The summed E-state index contributed by atoms with van der Waals surface area (Å²) in [6, 6.07) is 1.76. The summed E-state index contributed by atoms with van der Waals surface area (Å²) in [6.45, 7) is 5.28. The molecule has 0 aliphatic rings. The van der Waals surface area contributed by atoms with Crippen molar-refractivity contribution in [3.05, 3.63) is 16.5 Å². The zero-order valence-electron chi connectivity index (χ0n) is 7.83. The molecule has 0 bridgehead atoms. The van der Waals surface area contributed by atoms with Crippen LogP contribution in [0.2, 0.25) is 0 Å². The monoisotopic (exact) mass is 219 g/mol. The van der Waals surface area contributed by atoms with Gasteiger partial charge in [0.1, 0.15) is 0 Å². The summed E-state index contributed by atoms with van der Waals surface area (Å²) in [5.74, 6) is 0. The molecule has 13 heavy (non-hydrogen) atoms. The SMILES string of the molecule is Cc1cc([S+](N)[O-])sc1C(C)(C)O. The van der Waals surface area contributed by atoms with Crippen molar-refractivity contribution < 1.29 is 9.66 Å². The highest BCUT2D eigenvalue weighted by atomic mass is 32.2. The minimum atomic E-state index is -1.45. The molecule has 0 spiro atoms. The molecule has 0 fully saturated rings. The van der Waals surface area contributed by atoms with E-state index in [1.165, 1.54) is 11.3 Å². The number of hydrogen-bond donors (Lipinski definition) is 2. The topological polar surface area (TPSA) is 69.3 Å². The van der Waals surface area contributed by atoms with E-state index < -0.39 is 17.0 Å². The lowest BCUT2D eigenvalue weighted by molar-refractivity contribution is 0.0819. The number of rotatable bonds is 2. The number of aliphatic hydroxyl groups is 1. The van der Waals surface area contributed by atoms with Gasteiger partial charge in [-0.1, -0.05) is 11.3 Å².